The number of anilines is 2. The Morgan fingerprint density at radius 1 is 1.17 bits per heavy atom. The summed E-state index contributed by atoms with van der Waals surface area (Å²) in [5.74, 6) is 1.51. The lowest BCUT2D eigenvalue weighted by molar-refractivity contribution is 0.0330. The predicted octanol–water partition coefficient (Wildman–Crippen LogP) is 5.17. The van der Waals surface area contributed by atoms with Crippen LogP contribution in [0, 0.1) is 5.92 Å². The normalized spacial score (nSPS) is 15.8. The maximum atomic E-state index is 12.5. The standard InChI is InChI=1S/C26H34N6O2S/c1-17(2)29-24-23-21(14-22(30-24)18(3)34-25(33)20-8-6-5-7-9-20)16-28-26(31-23)27-15-19-10-12-32(35-4)13-11-19/h5-9,14,16-19H,10-13,15H2,1-4H3,(H,29,30)(H,27,28,31)/t18-/m1/s1. The molecule has 8 nitrogen and oxygen atoms in total. The number of fused-ring (bicyclic) bond motifs is 1. The van der Waals surface area contributed by atoms with Crippen molar-refractivity contribution in [3.63, 3.8) is 0 Å². The second kappa shape index (κ2) is 11.7. The zero-order valence-corrected chi connectivity index (χ0v) is 21.6. The van der Waals surface area contributed by atoms with Gasteiger partial charge in [-0.25, -0.2) is 19.7 Å². The van der Waals surface area contributed by atoms with Gasteiger partial charge >= 0.3 is 5.97 Å². The van der Waals surface area contributed by atoms with Crippen molar-refractivity contribution >= 4 is 40.6 Å². The van der Waals surface area contributed by atoms with Crippen LogP contribution >= 0.6 is 11.9 Å². The Kier molecular flexibility index (Phi) is 8.41. The maximum absolute atomic E-state index is 12.5. The van der Waals surface area contributed by atoms with Gasteiger partial charge in [0, 0.05) is 37.3 Å². The quantitative estimate of drug-likeness (QED) is 0.309. The van der Waals surface area contributed by atoms with Crippen LogP contribution in [0.2, 0.25) is 0 Å². The summed E-state index contributed by atoms with van der Waals surface area (Å²) in [6.45, 7) is 9.04. The molecule has 0 unspecified atom stereocenters. The van der Waals surface area contributed by atoms with Crippen LogP contribution in [0.25, 0.3) is 10.9 Å². The Bertz CT molecular complexity index is 1140. The van der Waals surface area contributed by atoms with Gasteiger partial charge in [0.25, 0.3) is 0 Å². The molecular weight excluding hydrogens is 460 g/mol. The first-order valence-electron chi connectivity index (χ1n) is 12.2. The molecule has 4 rings (SSSR count). The van der Waals surface area contributed by atoms with Gasteiger partial charge in [-0.15, -0.1) is 0 Å². The van der Waals surface area contributed by atoms with E-state index in [2.05, 4.69) is 40.0 Å². The molecule has 1 atom stereocenters. The van der Waals surface area contributed by atoms with E-state index in [1.54, 1.807) is 12.1 Å². The number of benzene rings is 1. The number of hydrogen-bond acceptors (Lipinski definition) is 9. The van der Waals surface area contributed by atoms with E-state index in [1.165, 1.54) is 12.8 Å². The van der Waals surface area contributed by atoms with Gasteiger partial charge in [0.05, 0.1) is 11.3 Å². The fourth-order valence-corrected chi connectivity index (χ4v) is 4.70. The van der Waals surface area contributed by atoms with Crippen LogP contribution in [0.3, 0.4) is 0 Å². The van der Waals surface area contributed by atoms with E-state index in [1.807, 2.05) is 49.3 Å². The molecule has 1 saturated heterocycles. The van der Waals surface area contributed by atoms with Crippen LogP contribution in [-0.4, -0.2) is 57.2 Å². The van der Waals surface area contributed by atoms with Gasteiger partial charge in [-0.3, -0.25) is 4.31 Å². The van der Waals surface area contributed by atoms with Gasteiger partial charge in [0.1, 0.15) is 11.6 Å². The largest absolute Gasteiger partial charge is 0.453 e. The van der Waals surface area contributed by atoms with Crippen molar-refractivity contribution in [2.75, 3.05) is 36.5 Å². The van der Waals surface area contributed by atoms with Crippen LogP contribution < -0.4 is 10.6 Å². The number of aromatic nitrogens is 3. The maximum Gasteiger partial charge on any atom is 0.338 e. The minimum absolute atomic E-state index is 0.163. The third kappa shape index (κ3) is 6.61. The summed E-state index contributed by atoms with van der Waals surface area (Å²) in [6.07, 6.45) is 5.77. The highest BCUT2D eigenvalue weighted by atomic mass is 32.2. The number of piperidine rings is 1. The topological polar surface area (TPSA) is 92.3 Å². The highest BCUT2D eigenvalue weighted by molar-refractivity contribution is 7.96. The molecule has 0 radical (unpaired) electrons. The lowest BCUT2D eigenvalue weighted by atomic mass is 9.98. The molecule has 1 aromatic carbocycles. The fraction of sp³-hybridized carbons (Fsp3) is 0.462. The first kappa shape index (κ1) is 25.2. The lowest BCUT2D eigenvalue weighted by Crippen LogP contribution is -2.31. The van der Waals surface area contributed by atoms with Crippen molar-refractivity contribution in [1.82, 2.24) is 19.3 Å². The summed E-state index contributed by atoms with van der Waals surface area (Å²) in [5, 5.41) is 7.67. The van der Waals surface area contributed by atoms with E-state index < -0.39 is 6.10 Å². The van der Waals surface area contributed by atoms with Crippen molar-refractivity contribution in [3.8, 4) is 0 Å². The Balaban J connectivity index is 1.51. The number of esters is 1. The number of hydrogen-bond donors (Lipinski definition) is 2. The summed E-state index contributed by atoms with van der Waals surface area (Å²) < 4.78 is 8.10. The van der Waals surface area contributed by atoms with E-state index >= 15 is 0 Å². The van der Waals surface area contributed by atoms with E-state index in [-0.39, 0.29) is 12.0 Å². The SMILES string of the molecule is CSN1CCC(CNc2ncc3cc([C@@H](C)OC(=O)c4ccccc4)nc(NC(C)C)c3n2)CC1. The fourth-order valence-electron chi connectivity index (χ4n) is 4.12. The summed E-state index contributed by atoms with van der Waals surface area (Å²) >= 11 is 1.82. The Labute approximate surface area is 211 Å². The van der Waals surface area contributed by atoms with Gasteiger partial charge in [-0.05, 0) is 64.0 Å². The molecule has 0 aliphatic carbocycles. The number of carbonyl (C=O) groups excluding carboxylic acids is 1. The summed E-state index contributed by atoms with van der Waals surface area (Å²) in [5.41, 5.74) is 1.91. The highest BCUT2D eigenvalue weighted by Gasteiger charge is 2.20. The van der Waals surface area contributed by atoms with E-state index in [9.17, 15) is 4.79 Å². The van der Waals surface area contributed by atoms with Gasteiger partial charge in [-0.2, -0.15) is 0 Å². The highest BCUT2D eigenvalue weighted by Crippen LogP contribution is 2.27. The smallest absolute Gasteiger partial charge is 0.338 e. The number of ether oxygens (including phenoxy) is 1. The molecule has 2 aromatic heterocycles. The Morgan fingerprint density at radius 3 is 2.60 bits per heavy atom. The number of carbonyl (C=O) groups is 1. The Morgan fingerprint density at radius 2 is 1.91 bits per heavy atom. The van der Waals surface area contributed by atoms with E-state index in [0.29, 0.717) is 28.9 Å². The van der Waals surface area contributed by atoms with Crippen LogP contribution in [0.15, 0.2) is 42.6 Å². The van der Waals surface area contributed by atoms with Crippen molar-refractivity contribution < 1.29 is 9.53 Å². The minimum atomic E-state index is -0.523. The summed E-state index contributed by atoms with van der Waals surface area (Å²) in [4.78, 5) is 26.7. The molecule has 2 N–H and O–H groups in total. The van der Waals surface area contributed by atoms with E-state index in [4.69, 9.17) is 14.7 Å². The average molecular weight is 495 g/mol. The lowest BCUT2D eigenvalue weighted by Gasteiger charge is -2.30. The molecule has 35 heavy (non-hydrogen) atoms. The second-order valence-electron chi connectivity index (χ2n) is 9.18. The number of pyridine rings is 1. The molecular formula is C26H34N6O2S. The van der Waals surface area contributed by atoms with E-state index in [0.717, 1.165) is 30.5 Å². The monoisotopic (exact) mass is 494 g/mol. The predicted molar refractivity (Wildman–Crippen MR) is 143 cm³/mol. The summed E-state index contributed by atoms with van der Waals surface area (Å²) in [7, 11) is 0. The van der Waals surface area contributed by atoms with Gasteiger partial charge in [-0.1, -0.05) is 30.1 Å². The molecule has 1 aliphatic rings. The third-order valence-electron chi connectivity index (χ3n) is 6.10. The van der Waals surface area contributed by atoms with Gasteiger partial charge in [0.2, 0.25) is 5.95 Å². The average Bonchev–Trinajstić information content (AvgIpc) is 2.87. The molecule has 9 heteroatoms. The third-order valence-corrected chi connectivity index (χ3v) is 6.98. The minimum Gasteiger partial charge on any atom is -0.453 e. The van der Waals surface area contributed by atoms with Crippen molar-refractivity contribution in [1.29, 1.82) is 0 Å². The van der Waals surface area contributed by atoms with Crippen molar-refractivity contribution in [2.45, 2.75) is 45.8 Å². The molecule has 1 fully saturated rings. The van der Waals surface area contributed by atoms with Crippen molar-refractivity contribution in [2.24, 2.45) is 5.92 Å². The molecule has 0 bridgehead atoms. The van der Waals surface area contributed by atoms with Gasteiger partial charge < -0.3 is 15.4 Å². The van der Waals surface area contributed by atoms with Crippen LogP contribution in [0.4, 0.5) is 11.8 Å². The van der Waals surface area contributed by atoms with Gasteiger partial charge in [0.15, 0.2) is 5.82 Å². The van der Waals surface area contributed by atoms with Crippen molar-refractivity contribution in [3.05, 3.63) is 53.9 Å². The summed E-state index contributed by atoms with van der Waals surface area (Å²) in [6, 6.07) is 11.0. The first-order chi connectivity index (χ1) is 16.9. The first-order valence-corrected chi connectivity index (χ1v) is 13.3. The van der Waals surface area contributed by atoms with Crippen LogP contribution in [0.1, 0.15) is 55.8 Å². The number of rotatable bonds is 9. The van der Waals surface area contributed by atoms with Crippen LogP contribution in [0.5, 0.6) is 0 Å². The molecule has 3 heterocycles. The molecule has 3 aromatic rings. The molecule has 0 saturated carbocycles. The van der Waals surface area contributed by atoms with Crippen LogP contribution in [-0.2, 0) is 4.74 Å². The molecule has 0 spiro atoms. The number of nitrogens with zero attached hydrogens (tertiary/aromatic N) is 4. The zero-order chi connectivity index (χ0) is 24.8. The number of nitrogens with one attached hydrogen (secondary N) is 2. The zero-order valence-electron chi connectivity index (χ0n) is 20.8. The molecule has 0 amide bonds. The molecule has 1 aliphatic heterocycles. The Hall–Kier alpha value is -2.91. The molecule has 186 valence electrons. The second-order valence-corrected chi connectivity index (χ2v) is 10.1.